The second kappa shape index (κ2) is 4.75. The first-order valence-electron chi connectivity index (χ1n) is 5.59. The smallest absolute Gasteiger partial charge is 0.307 e. The highest BCUT2D eigenvalue weighted by atomic mass is 16.5. The molecular weight excluding hydrogens is 220 g/mol. The summed E-state index contributed by atoms with van der Waals surface area (Å²) < 4.78 is 10.8. The van der Waals surface area contributed by atoms with Gasteiger partial charge in [0, 0.05) is 5.41 Å². The molecule has 1 fully saturated rings. The summed E-state index contributed by atoms with van der Waals surface area (Å²) in [6, 6.07) is 7.22. The van der Waals surface area contributed by atoms with Crippen molar-refractivity contribution in [1.29, 1.82) is 0 Å². The third kappa shape index (κ3) is 3.20. The van der Waals surface area contributed by atoms with Crippen LogP contribution in [0.25, 0.3) is 0 Å². The van der Waals surface area contributed by atoms with E-state index in [0.29, 0.717) is 6.61 Å². The molecule has 0 spiro atoms. The highest BCUT2D eigenvalue weighted by Gasteiger charge is 2.34. The second-order valence-electron chi connectivity index (χ2n) is 4.81. The van der Waals surface area contributed by atoms with E-state index in [9.17, 15) is 4.79 Å². The van der Waals surface area contributed by atoms with Crippen LogP contribution >= 0.6 is 0 Å². The van der Waals surface area contributed by atoms with Crippen molar-refractivity contribution in [3.63, 3.8) is 0 Å². The number of ether oxygens (including phenoxy) is 2. The summed E-state index contributed by atoms with van der Waals surface area (Å²) in [4.78, 5) is 10.6. The van der Waals surface area contributed by atoms with Crippen LogP contribution < -0.4 is 4.74 Å². The molecule has 1 N–H and O–H groups in total. The molecule has 0 saturated carbocycles. The molecule has 4 heteroatoms. The van der Waals surface area contributed by atoms with Gasteiger partial charge in [0.15, 0.2) is 0 Å². The third-order valence-corrected chi connectivity index (χ3v) is 2.74. The Kier molecular flexibility index (Phi) is 3.33. The minimum atomic E-state index is -0.832. The maximum atomic E-state index is 10.6. The Bertz CT molecular complexity index is 410. The van der Waals surface area contributed by atoms with Crippen molar-refractivity contribution in [3.05, 3.63) is 29.8 Å². The van der Waals surface area contributed by atoms with Crippen molar-refractivity contribution in [2.45, 2.75) is 13.3 Å². The van der Waals surface area contributed by atoms with E-state index in [1.54, 1.807) is 12.1 Å². The van der Waals surface area contributed by atoms with Crippen LogP contribution in [0, 0.1) is 5.41 Å². The van der Waals surface area contributed by atoms with Gasteiger partial charge in [-0.05, 0) is 17.7 Å². The highest BCUT2D eigenvalue weighted by molar-refractivity contribution is 5.70. The molecule has 0 atom stereocenters. The molecule has 1 aliphatic heterocycles. The van der Waals surface area contributed by atoms with Gasteiger partial charge in [0.2, 0.25) is 0 Å². The van der Waals surface area contributed by atoms with Gasteiger partial charge in [-0.3, -0.25) is 4.79 Å². The molecule has 1 aromatic carbocycles. The fourth-order valence-corrected chi connectivity index (χ4v) is 1.71. The van der Waals surface area contributed by atoms with E-state index in [-0.39, 0.29) is 11.8 Å². The van der Waals surface area contributed by atoms with E-state index < -0.39 is 5.97 Å². The van der Waals surface area contributed by atoms with Crippen molar-refractivity contribution in [3.8, 4) is 5.75 Å². The molecule has 0 amide bonds. The summed E-state index contributed by atoms with van der Waals surface area (Å²) in [7, 11) is 0. The lowest BCUT2D eigenvalue weighted by Gasteiger charge is -2.37. The van der Waals surface area contributed by atoms with E-state index >= 15 is 0 Å². The summed E-state index contributed by atoms with van der Waals surface area (Å²) >= 11 is 0. The Morgan fingerprint density at radius 3 is 2.88 bits per heavy atom. The maximum Gasteiger partial charge on any atom is 0.307 e. The molecule has 0 unspecified atom stereocenters. The van der Waals surface area contributed by atoms with Crippen LogP contribution in [0.5, 0.6) is 5.75 Å². The number of benzene rings is 1. The Morgan fingerprint density at radius 1 is 1.53 bits per heavy atom. The summed E-state index contributed by atoms with van der Waals surface area (Å²) in [5, 5.41) is 8.71. The number of hydrogen-bond acceptors (Lipinski definition) is 3. The van der Waals surface area contributed by atoms with Gasteiger partial charge in [-0.1, -0.05) is 19.1 Å². The predicted octanol–water partition coefficient (Wildman–Crippen LogP) is 1.73. The number of carbonyl (C=O) groups is 1. The molecule has 0 radical (unpaired) electrons. The zero-order valence-electron chi connectivity index (χ0n) is 9.81. The number of carboxylic acids is 1. The first-order chi connectivity index (χ1) is 8.07. The van der Waals surface area contributed by atoms with Crippen LogP contribution in [0.3, 0.4) is 0 Å². The van der Waals surface area contributed by atoms with Gasteiger partial charge in [-0.25, -0.2) is 0 Å². The van der Waals surface area contributed by atoms with Gasteiger partial charge in [0.1, 0.15) is 5.75 Å². The second-order valence-corrected chi connectivity index (χ2v) is 4.81. The SMILES string of the molecule is CC1(COc2cccc(CC(=O)O)c2)COC1. The Hall–Kier alpha value is -1.55. The first-order valence-corrected chi connectivity index (χ1v) is 5.59. The van der Waals surface area contributed by atoms with Crippen LogP contribution in [0.15, 0.2) is 24.3 Å². The molecule has 92 valence electrons. The number of hydrogen-bond donors (Lipinski definition) is 1. The van der Waals surface area contributed by atoms with Crippen molar-refractivity contribution in [2.24, 2.45) is 5.41 Å². The van der Waals surface area contributed by atoms with E-state index in [1.165, 1.54) is 0 Å². The van der Waals surface area contributed by atoms with Crippen LogP contribution in [0.2, 0.25) is 0 Å². The Balaban J connectivity index is 1.93. The lowest BCUT2D eigenvalue weighted by atomic mass is 9.90. The number of aliphatic carboxylic acids is 1. The van der Waals surface area contributed by atoms with Crippen LogP contribution in [0.1, 0.15) is 12.5 Å². The summed E-state index contributed by atoms with van der Waals surface area (Å²) in [6.45, 7) is 4.16. The van der Waals surface area contributed by atoms with Gasteiger partial charge in [-0.2, -0.15) is 0 Å². The minimum Gasteiger partial charge on any atom is -0.493 e. The van der Waals surface area contributed by atoms with E-state index in [2.05, 4.69) is 6.92 Å². The Morgan fingerprint density at radius 2 is 2.29 bits per heavy atom. The quantitative estimate of drug-likeness (QED) is 0.845. The largest absolute Gasteiger partial charge is 0.493 e. The molecule has 1 heterocycles. The van der Waals surface area contributed by atoms with Gasteiger partial charge in [0.05, 0.1) is 26.2 Å². The average Bonchev–Trinajstić information content (AvgIpc) is 2.23. The molecular formula is C13H16O4. The van der Waals surface area contributed by atoms with Crippen molar-refractivity contribution >= 4 is 5.97 Å². The van der Waals surface area contributed by atoms with Crippen molar-refractivity contribution in [2.75, 3.05) is 19.8 Å². The molecule has 2 rings (SSSR count). The van der Waals surface area contributed by atoms with Crippen LogP contribution in [0.4, 0.5) is 0 Å². The molecule has 1 saturated heterocycles. The summed E-state index contributed by atoms with van der Waals surface area (Å²) in [6.07, 6.45) is 0.0254. The fraction of sp³-hybridized carbons (Fsp3) is 0.462. The minimum absolute atomic E-state index is 0.0254. The van der Waals surface area contributed by atoms with E-state index in [0.717, 1.165) is 24.5 Å². The van der Waals surface area contributed by atoms with Gasteiger partial charge in [0.25, 0.3) is 0 Å². The summed E-state index contributed by atoms with van der Waals surface area (Å²) in [5.41, 5.74) is 0.855. The van der Waals surface area contributed by atoms with E-state index in [1.807, 2.05) is 12.1 Å². The predicted molar refractivity (Wildman–Crippen MR) is 62.2 cm³/mol. The Labute approximate surface area is 100 Å². The normalized spacial score (nSPS) is 17.2. The lowest BCUT2D eigenvalue weighted by molar-refractivity contribution is -0.136. The number of rotatable bonds is 5. The highest BCUT2D eigenvalue weighted by Crippen LogP contribution is 2.27. The molecule has 1 aromatic rings. The van der Waals surface area contributed by atoms with Crippen molar-refractivity contribution in [1.82, 2.24) is 0 Å². The molecule has 17 heavy (non-hydrogen) atoms. The fourth-order valence-electron chi connectivity index (χ4n) is 1.71. The monoisotopic (exact) mass is 236 g/mol. The molecule has 0 aliphatic carbocycles. The van der Waals surface area contributed by atoms with Crippen LogP contribution in [-0.2, 0) is 16.0 Å². The molecule has 0 aromatic heterocycles. The first kappa shape index (κ1) is 11.9. The molecule has 1 aliphatic rings. The lowest BCUT2D eigenvalue weighted by Crippen LogP contribution is -2.44. The maximum absolute atomic E-state index is 10.6. The zero-order valence-corrected chi connectivity index (χ0v) is 9.81. The van der Waals surface area contributed by atoms with Gasteiger partial charge in [-0.15, -0.1) is 0 Å². The topological polar surface area (TPSA) is 55.8 Å². The summed E-state index contributed by atoms with van der Waals surface area (Å²) in [5.74, 6) is -0.113. The standard InChI is InChI=1S/C13H16O4/c1-13(7-16-8-13)9-17-11-4-2-3-10(5-11)6-12(14)15/h2-5H,6-9H2,1H3,(H,14,15). The average molecular weight is 236 g/mol. The van der Waals surface area contributed by atoms with Crippen LogP contribution in [-0.4, -0.2) is 30.9 Å². The third-order valence-electron chi connectivity index (χ3n) is 2.74. The van der Waals surface area contributed by atoms with Gasteiger partial charge >= 0.3 is 5.97 Å². The van der Waals surface area contributed by atoms with Gasteiger partial charge < -0.3 is 14.6 Å². The number of carboxylic acid groups (broad SMARTS) is 1. The van der Waals surface area contributed by atoms with E-state index in [4.69, 9.17) is 14.6 Å². The molecule has 0 bridgehead atoms. The van der Waals surface area contributed by atoms with Crippen molar-refractivity contribution < 1.29 is 19.4 Å². The molecule has 4 nitrogen and oxygen atoms in total. The zero-order chi connectivity index (χ0) is 12.3.